The molecule has 0 saturated carbocycles. The fourth-order valence-electron chi connectivity index (χ4n) is 4.55. The summed E-state index contributed by atoms with van der Waals surface area (Å²) in [7, 11) is -0.410. The molecule has 0 spiro atoms. The summed E-state index contributed by atoms with van der Waals surface area (Å²) >= 11 is 6.31. The number of nitrogens with zero attached hydrogens (tertiary/aromatic N) is 1. The summed E-state index contributed by atoms with van der Waals surface area (Å²) in [5.41, 5.74) is 1.72. The standard InChI is InChI=1S/C27H37ClN2O6S/c1-17(21-15-20(28)16-23(34-5)25(21)35-6)29-22-14-19(8-9-24(22)37(7,32)33)18-10-12-30(13-11-18)26(31)36-27(2,3)4/h8-9,14-18,29H,10-13H2,1-7H3. The molecule has 0 aliphatic carbocycles. The van der Waals surface area contributed by atoms with Crippen LogP contribution in [0.4, 0.5) is 10.5 Å². The summed E-state index contributed by atoms with van der Waals surface area (Å²) < 4.78 is 41.7. The van der Waals surface area contributed by atoms with Gasteiger partial charge in [0.15, 0.2) is 21.3 Å². The van der Waals surface area contributed by atoms with Crippen LogP contribution in [0.2, 0.25) is 5.02 Å². The molecule has 37 heavy (non-hydrogen) atoms. The Hall–Kier alpha value is -2.65. The molecule has 3 rings (SSSR count). The molecule has 0 bridgehead atoms. The third-order valence-electron chi connectivity index (χ3n) is 6.33. The number of sulfone groups is 1. The molecule has 0 aromatic heterocycles. The lowest BCUT2D eigenvalue weighted by Gasteiger charge is -2.34. The fraction of sp³-hybridized carbons (Fsp3) is 0.519. The van der Waals surface area contributed by atoms with E-state index < -0.39 is 15.4 Å². The fourth-order valence-corrected chi connectivity index (χ4v) is 5.60. The third-order valence-corrected chi connectivity index (χ3v) is 7.71. The molecule has 1 saturated heterocycles. The summed E-state index contributed by atoms with van der Waals surface area (Å²) in [6, 6.07) is 8.51. The Bertz CT molecular complexity index is 1230. The van der Waals surface area contributed by atoms with Crippen LogP contribution < -0.4 is 14.8 Å². The zero-order chi connectivity index (χ0) is 27.5. The van der Waals surface area contributed by atoms with Gasteiger partial charge >= 0.3 is 6.09 Å². The first-order valence-electron chi connectivity index (χ1n) is 12.2. The second-order valence-corrected chi connectivity index (χ2v) is 12.8. The van der Waals surface area contributed by atoms with Crippen molar-refractivity contribution in [1.29, 1.82) is 0 Å². The number of ether oxygens (including phenoxy) is 3. The van der Waals surface area contributed by atoms with E-state index in [1.807, 2.05) is 39.8 Å². The lowest BCUT2D eigenvalue weighted by atomic mass is 9.89. The number of benzene rings is 2. The minimum absolute atomic E-state index is 0.184. The monoisotopic (exact) mass is 552 g/mol. The maximum Gasteiger partial charge on any atom is 0.410 e. The summed E-state index contributed by atoms with van der Waals surface area (Å²) in [4.78, 5) is 14.4. The van der Waals surface area contributed by atoms with Crippen LogP contribution in [0.5, 0.6) is 11.5 Å². The van der Waals surface area contributed by atoms with Crippen LogP contribution in [0, 0.1) is 0 Å². The lowest BCUT2D eigenvalue weighted by molar-refractivity contribution is 0.0205. The van der Waals surface area contributed by atoms with Crippen LogP contribution in [0.15, 0.2) is 35.2 Å². The van der Waals surface area contributed by atoms with Crippen molar-refractivity contribution in [2.24, 2.45) is 0 Å². The second kappa shape index (κ2) is 11.4. The molecule has 2 aromatic rings. The van der Waals surface area contributed by atoms with Gasteiger partial charge in [-0.15, -0.1) is 0 Å². The van der Waals surface area contributed by atoms with Crippen molar-refractivity contribution >= 4 is 33.2 Å². The highest BCUT2D eigenvalue weighted by molar-refractivity contribution is 7.90. The van der Waals surface area contributed by atoms with Crippen molar-refractivity contribution in [2.45, 2.75) is 63.0 Å². The number of likely N-dealkylation sites (tertiary alicyclic amines) is 1. The van der Waals surface area contributed by atoms with Gasteiger partial charge in [-0.25, -0.2) is 13.2 Å². The third kappa shape index (κ3) is 7.23. The maximum atomic E-state index is 12.6. The number of halogens is 1. The number of methoxy groups -OCH3 is 2. The highest BCUT2D eigenvalue weighted by Crippen LogP contribution is 2.40. The van der Waals surface area contributed by atoms with Crippen molar-refractivity contribution in [1.82, 2.24) is 4.90 Å². The summed E-state index contributed by atoms with van der Waals surface area (Å²) in [6.45, 7) is 8.62. The first-order valence-corrected chi connectivity index (χ1v) is 14.5. The van der Waals surface area contributed by atoms with E-state index >= 15 is 0 Å². The Kier molecular flexibility index (Phi) is 8.90. The molecule has 1 fully saturated rings. The van der Waals surface area contributed by atoms with Gasteiger partial charge in [0.05, 0.1) is 30.8 Å². The molecule has 8 nitrogen and oxygen atoms in total. The Morgan fingerprint density at radius 2 is 1.76 bits per heavy atom. The molecule has 1 aliphatic rings. The van der Waals surface area contributed by atoms with E-state index in [0.717, 1.165) is 24.0 Å². The molecule has 2 aromatic carbocycles. The average molecular weight is 553 g/mol. The normalized spacial score (nSPS) is 15.7. The number of hydrogen-bond donors (Lipinski definition) is 1. The minimum atomic E-state index is -3.50. The first kappa shape index (κ1) is 28.9. The number of hydrogen-bond acceptors (Lipinski definition) is 7. The number of nitrogens with one attached hydrogen (secondary N) is 1. The molecular weight excluding hydrogens is 516 g/mol. The second-order valence-electron chi connectivity index (χ2n) is 10.4. The summed E-state index contributed by atoms with van der Waals surface area (Å²) in [5, 5.41) is 3.84. The molecule has 1 unspecified atom stereocenters. The molecule has 1 heterocycles. The van der Waals surface area contributed by atoms with Gasteiger partial charge in [-0.2, -0.15) is 0 Å². The molecule has 0 radical (unpaired) electrons. The highest BCUT2D eigenvalue weighted by Gasteiger charge is 2.28. The topological polar surface area (TPSA) is 94.2 Å². The van der Waals surface area contributed by atoms with Crippen LogP contribution in [0.1, 0.15) is 63.6 Å². The van der Waals surface area contributed by atoms with Crippen molar-refractivity contribution in [3.8, 4) is 11.5 Å². The molecular formula is C27H37ClN2O6S. The quantitative estimate of drug-likeness (QED) is 0.447. The van der Waals surface area contributed by atoms with E-state index in [0.29, 0.717) is 35.3 Å². The lowest BCUT2D eigenvalue weighted by Crippen LogP contribution is -2.41. The SMILES string of the molecule is COc1cc(Cl)cc(C(C)Nc2cc(C3CCN(C(=O)OC(C)(C)C)CC3)ccc2S(C)(=O)=O)c1OC. The van der Waals surface area contributed by atoms with Crippen LogP contribution in [-0.2, 0) is 14.6 Å². The molecule has 204 valence electrons. The first-order chi connectivity index (χ1) is 17.2. The Balaban J connectivity index is 1.87. The van der Waals surface area contributed by atoms with E-state index in [-0.39, 0.29) is 22.9 Å². The van der Waals surface area contributed by atoms with Crippen LogP contribution in [0.3, 0.4) is 0 Å². The van der Waals surface area contributed by atoms with Gasteiger partial charge in [0, 0.05) is 36.0 Å². The van der Waals surface area contributed by atoms with Gasteiger partial charge in [-0.1, -0.05) is 17.7 Å². The molecule has 1 N–H and O–H groups in total. The van der Waals surface area contributed by atoms with Crippen molar-refractivity contribution < 1.29 is 27.4 Å². The number of amides is 1. The summed E-state index contributed by atoms with van der Waals surface area (Å²) in [6.07, 6.45) is 2.40. The van der Waals surface area contributed by atoms with Gasteiger partial charge in [0.2, 0.25) is 0 Å². The maximum absolute atomic E-state index is 12.6. The largest absolute Gasteiger partial charge is 0.493 e. The average Bonchev–Trinajstić information content (AvgIpc) is 2.81. The van der Waals surface area contributed by atoms with E-state index in [1.165, 1.54) is 13.4 Å². The zero-order valence-electron chi connectivity index (χ0n) is 22.6. The number of piperidine rings is 1. The number of carbonyl (C=O) groups is 1. The zero-order valence-corrected chi connectivity index (χ0v) is 24.1. The number of anilines is 1. The van der Waals surface area contributed by atoms with Gasteiger partial charge in [0.1, 0.15) is 5.60 Å². The van der Waals surface area contributed by atoms with E-state index in [2.05, 4.69) is 5.32 Å². The Labute approximate surface area is 225 Å². The van der Waals surface area contributed by atoms with Gasteiger partial charge in [-0.05, 0) is 70.2 Å². The summed E-state index contributed by atoms with van der Waals surface area (Å²) in [5.74, 6) is 1.20. The predicted molar refractivity (Wildman–Crippen MR) is 146 cm³/mol. The molecule has 10 heteroatoms. The van der Waals surface area contributed by atoms with Crippen molar-refractivity contribution in [3.05, 3.63) is 46.5 Å². The number of rotatable bonds is 7. The van der Waals surface area contributed by atoms with Gasteiger partial charge in [0.25, 0.3) is 0 Å². The van der Waals surface area contributed by atoms with Crippen LogP contribution in [-0.4, -0.2) is 58.6 Å². The highest BCUT2D eigenvalue weighted by atomic mass is 35.5. The Morgan fingerprint density at radius 3 is 2.30 bits per heavy atom. The smallest absolute Gasteiger partial charge is 0.410 e. The molecule has 1 amide bonds. The van der Waals surface area contributed by atoms with Crippen LogP contribution in [0.25, 0.3) is 0 Å². The van der Waals surface area contributed by atoms with Crippen molar-refractivity contribution in [2.75, 3.05) is 38.9 Å². The van der Waals surface area contributed by atoms with Gasteiger partial charge in [-0.3, -0.25) is 0 Å². The van der Waals surface area contributed by atoms with Gasteiger partial charge < -0.3 is 24.4 Å². The van der Waals surface area contributed by atoms with E-state index in [1.54, 1.807) is 30.2 Å². The van der Waals surface area contributed by atoms with Crippen LogP contribution >= 0.6 is 11.6 Å². The van der Waals surface area contributed by atoms with E-state index in [9.17, 15) is 13.2 Å². The minimum Gasteiger partial charge on any atom is -0.493 e. The number of carbonyl (C=O) groups excluding carboxylic acids is 1. The molecule has 1 aliphatic heterocycles. The molecule has 1 atom stereocenters. The van der Waals surface area contributed by atoms with E-state index in [4.69, 9.17) is 25.8 Å². The predicted octanol–water partition coefficient (Wildman–Crippen LogP) is 6.05. The van der Waals surface area contributed by atoms with Crippen molar-refractivity contribution in [3.63, 3.8) is 0 Å². The Morgan fingerprint density at radius 1 is 1.11 bits per heavy atom.